The predicted molar refractivity (Wildman–Crippen MR) is 99.6 cm³/mol. The number of carbonyl (C=O) groups excluding carboxylic acids is 1. The zero-order chi connectivity index (χ0) is 16.9. The van der Waals surface area contributed by atoms with Crippen LogP contribution in [0.2, 0.25) is 0 Å². The fourth-order valence-corrected chi connectivity index (χ4v) is 2.45. The van der Waals surface area contributed by atoms with Gasteiger partial charge in [-0.05, 0) is 36.1 Å². The van der Waals surface area contributed by atoms with Crippen molar-refractivity contribution in [3.8, 4) is 5.69 Å². The molecular formula is C18H27ClN4O. The number of amides is 1. The molecule has 0 fully saturated rings. The van der Waals surface area contributed by atoms with Gasteiger partial charge in [0.2, 0.25) is 5.91 Å². The molecule has 0 radical (unpaired) electrons. The maximum Gasteiger partial charge on any atom is 0.222 e. The lowest BCUT2D eigenvalue weighted by molar-refractivity contribution is -0.131. The van der Waals surface area contributed by atoms with Crippen LogP contribution < -0.4 is 5.73 Å². The first-order chi connectivity index (χ1) is 10.9. The fraction of sp³-hybridized carbons (Fsp3) is 0.444. The van der Waals surface area contributed by atoms with E-state index in [1.807, 2.05) is 54.5 Å². The Morgan fingerprint density at radius 3 is 2.58 bits per heavy atom. The monoisotopic (exact) mass is 350 g/mol. The number of hydrogen-bond acceptors (Lipinski definition) is 3. The minimum atomic E-state index is -0.0530. The van der Waals surface area contributed by atoms with Crippen LogP contribution >= 0.6 is 12.4 Å². The number of benzene rings is 1. The van der Waals surface area contributed by atoms with E-state index in [1.165, 1.54) is 0 Å². The second-order valence-electron chi connectivity index (χ2n) is 6.75. The summed E-state index contributed by atoms with van der Waals surface area (Å²) >= 11 is 0. The first-order valence-corrected chi connectivity index (χ1v) is 7.94. The van der Waals surface area contributed by atoms with Gasteiger partial charge in [-0.3, -0.25) is 4.79 Å². The third-order valence-corrected chi connectivity index (χ3v) is 3.93. The summed E-state index contributed by atoms with van der Waals surface area (Å²) in [5, 5.41) is 4.36. The average molecular weight is 351 g/mol. The quantitative estimate of drug-likeness (QED) is 0.835. The molecule has 0 unspecified atom stereocenters. The molecule has 2 N–H and O–H groups in total. The van der Waals surface area contributed by atoms with Crippen LogP contribution in [0.5, 0.6) is 0 Å². The van der Waals surface area contributed by atoms with E-state index < -0.39 is 0 Å². The molecule has 0 saturated heterocycles. The molecule has 0 saturated carbocycles. The smallest absolute Gasteiger partial charge is 0.222 e. The van der Waals surface area contributed by atoms with Crippen molar-refractivity contribution in [3.05, 3.63) is 48.3 Å². The van der Waals surface area contributed by atoms with Crippen molar-refractivity contribution >= 4 is 18.3 Å². The van der Waals surface area contributed by atoms with Gasteiger partial charge >= 0.3 is 0 Å². The molecule has 0 aliphatic rings. The van der Waals surface area contributed by atoms with Crippen LogP contribution in [-0.4, -0.2) is 40.7 Å². The molecule has 6 heteroatoms. The van der Waals surface area contributed by atoms with Crippen LogP contribution in [0.4, 0.5) is 0 Å². The highest BCUT2D eigenvalue weighted by Gasteiger charge is 2.21. The van der Waals surface area contributed by atoms with E-state index in [0.29, 0.717) is 25.9 Å². The van der Waals surface area contributed by atoms with Gasteiger partial charge in [-0.25, -0.2) is 4.68 Å². The summed E-state index contributed by atoms with van der Waals surface area (Å²) in [6.07, 6.45) is 4.98. The molecule has 0 bridgehead atoms. The lowest BCUT2D eigenvalue weighted by Gasteiger charge is -2.29. The Kier molecular flexibility index (Phi) is 7.45. The Morgan fingerprint density at radius 1 is 1.29 bits per heavy atom. The molecule has 2 aromatic rings. The lowest BCUT2D eigenvalue weighted by atomic mass is 9.93. The number of hydrogen-bond donors (Lipinski definition) is 1. The number of halogens is 1. The molecule has 0 aliphatic heterocycles. The summed E-state index contributed by atoms with van der Waals surface area (Å²) in [6, 6.07) is 9.95. The van der Waals surface area contributed by atoms with Gasteiger partial charge in [-0.15, -0.1) is 12.4 Å². The average Bonchev–Trinajstić information content (AvgIpc) is 3.02. The zero-order valence-electron chi connectivity index (χ0n) is 14.6. The highest BCUT2D eigenvalue weighted by molar-refractivity contribution is 5.85. The predicted octanol–water partition coefficient (Wildman–Crippen LogP) is 2.67. The van der Waals surface area contributed by atoms with Crippen LogP contribution in [0.3, 0.4) is 0 Å². The fourth-order valence-electron chi connectivity index (χ4n) is 2.45. The van der Waals surface area contributed by atoms with Gasteiger partial charge in [0, 0.05) is 26.2 Å². The second-order valence-corrected chi connectivity index (χ2v) is 6.75. The molecule has 132 valence electrons. The SMILES string of the molecule is CN(CC(C)(C)CN)C(=O)CCc1cnn(-c2ccccc2)c1.Cl. The first kappa shape index (κ1) is 20.2. The summed E-state index contributed by atoms with van der Waals surface area (Å²) in [5.74, 6) is 0.138. The summed E-state index contributed by atoms with van der Waals surface area (Å²) in [6.45, 7) is 5.38. The highest BCUT2D eigenvalue weighted by Crippen LogP contribution is 2.15. The molecular weight excluding hydrogens is 324 g/mol. The largest absolute Gasteiger partial charge is 0.345 e. The summed E-state index contributed by atoms with van der Waals surface area (Å²) in [4.78, 5) is 14.0. The van der Waals surface area contributed by atoms with Crippen LogP contribution in [0.15, 0.2) is 42.7 Å². The topological polar surface area (TPSA) is 64.2 Å². The molecule has 1 aromatic heterocycles. The Labute approximate surface area is 150 Å². The van der Waals surface area contributed by atoms with E-state index in [9.17, 15) is 4.79 Å². The second kappa shape index (κ2) is 8.85. The van der Waals surface area contributed by atoms with Gasteiger partial charge in [0.05, 0.1) is 11.9 Å². The number of rotatable bonds is 7. The van der Waals surface area contributed by atoms with E-state index in [0.717, 1.165) is 11.3 Å². The van der Waals surface area contributed by atoms with Crippen molar-refractivity contribution in [2.75, 3.05) is 20.1 Å². The van der Waals surface area contributed by atoms with Crippen molar-refractivity contribution in [2.45, 2.75) is 26.7 Å². The number of aromatic nitrogens is 2. The third-order valence-electron chi connectivity index (χ3n) is 3.93. The molecule has 1 heterocycles. The number of carbonyl (C=O) groups is 1. The van der Waals surface area contributed by atoms with Gasteiger partial charge in [0.25, 0.3) is 0 Å². The molecule has 0 aliphatic carbocycles. The van der Waals surface area contributed by atoms with Crippen LogP contribution in [0.25, 0.3) is 5.69 Å². The van der Waals surface area contributed by atoms with Crippen LogP contribution in [-0.2, 0) is 11.2 Å². The molecule has 1 aromatic carbocycles. The maximum absolute atomic E-state index is 12.2. The Morgan fingerprint density at radius 2 is 1.96 bits per heavy atom. The molecule has 0 spiro atoms. The Balaban J connectivity index is 0.00000288. The van der Waals surface area contributed by atoms with E-state index in [2.05, 4.69) is 18.9 Å². The van der Waals surface area contributed by atoms with E-state index in [4.69, 9.17) is 5.73 Å². The van der Waals surface area contributed by atoms with Crippen molar-refractivity contribution in [1.29, 1.82) is 0 Å². The van der Waals surface area contributed by atoms with E-state index in [1.54, 1.807) is 4.90 Å². The van der Waals surface area contributed by atoms with Gasteiger partial charge in [0.1, 0.15) is 0 Å². The first-order valence-electron chi connectivity index (χ1n) is 7.94. The maximum atomic E-state index is 12.2. The Bertz CT molecular complexity index is 639. The minimum Gasteiger partial charge on any atom is -0.345 e. The summed E-state index contributed by atoms with van der Waals surface area (Å²) < 4.78 is 1.83. The zero-order valence-corrected chi connectivity index (χ0v) is 15.4. The summed E-state index contributed by atoms with van der Waals surface area (Å²) in [5.41, 5.74) is 7.76. The van der Waals surface area contributed by atoms with E-state index in [-0.39, 0.29) is 23.7 Å². The normalized spacial score (nSPS) is 11.0. The van der Waals surface area contributed by atoms with Crippen molar-refractivity contribution in [1.82, 2.24) is 14.7 Å². The number of para-hydroxylation sites is 1. The molecule has 0 atom stereocenters. The van der Waals surface area contributed by atoms with Crippen molar-refractivity contribution in [3.63, 3.8) is 0 Å². The van der Waals surface area contributed by atoms with Gasteiger partial charge in [-0.2, -0.15) is 5.10 Å². The Hall–Kier alpha value is -1.85. The van der Waals surface area contributed by atoms with Crippen LogP contribution in [0.1, 0.15) is 25.8 Å². The molecule has 2 rings (SSSR count). The molecule has 1 amide bonds. The number of nitrogens with two attached hydrogens (primary N) is 1. The van der Waals surface area contributed by atoms with Crippen molar-refractivity contribution < 1.29 is 4.79 Å². The van der Waals surface area contributed by atoms with Crippen molar-refractivity contribution in [2.24, 2.45) is 11.1 Å². The van der Waals surface area contributed by atoms with Crippen LogP contribution in [0, 0.1) is 5.41 Å². The van der Waals surface area contributed by atoms with E-state index >= 15 is 0 Å². The molecule has 24 heavy (non-hydrogen) atoms. The highest BCUT2D eigenvalue weighted by atomic mass is 35.5. The van der Waals surface area contributed by atoms with Gasteiger partial charge in [0.15, 0.2) is 0 Å². The van der Waals surface area contributed by atoms with Gasteiger partial charge in [-0.1, -0.05) is 32.0 Å². The minimum absolute atomic E-state index is 0. The van der Waals surface area contributed by atoms with Gasteiger partial charge < -0.3 is 10.6 Å². The summed E-state index contributed by atoms with van der Waals surface area (Å²) in [7, 11) is 1.84. The number of nitrogens with zero attached hydrogens (tertiary/aromatic N) is 3. The number of aryl methyl sites for hydroxylation is 1. The standard InChI is InChI=1S/C18H26N4O.ClH/c1-18(2,13-19)14-21(3)17(23)10-9-15-11-20-22(12-15)16-7-5-4-6-8-16;/h4-8,11-12H,9-10,13-14,19H2,1-3H3;1H. The third kappa shape index (κ3) is 5.65. The molecule has 5 nitrogen and oxygen atoms in total. The lowest BCUT2D eigenvalue weighted by Crippen LogP contribution is -2.39.